The fourth-order valence-electron chi connectivity index (χ4n) is 2.26. The Morgan fingerprint density at radius 1 is 0.952 bits per heavy atom. The lowest BCUT2D eigenvalue weighted by molar-refractivity contribution is -0.130. The van der Waals surface area contributed by atoms with E-state index in [0.717, 1.165) is 16.7 Å². The Bertz CT molecular complexity index is 564. The molecule has 3 heteroatoms. The summed E-state index contributed by atoms with van der Waals surface area (Å²) in [6.45, 7) is 3.92. The number of benzene rings is 2. The molecule has 0 aliphatic rings. The van der Waals surface area contributed by atoms with Crippen molar-refractivity contribution in [2.45, 2.75) is 26.4 Å². The van der Waals surface area contributed by atoms with E-state index in [-0.39, 0.29) is 5.91 Å². The summed E-state index contributed by atoms with van der Waals surface area (Å²) >= 11 is 0. The van der Waals surface area contributed by atoms with Gasteiger partial charge in [0.25, 0.3) is 0 Å². The number of likely N-dealkylation sites (N-methyl/N-ethyl adjacent to an activating group) is 1. The second kappa shape index (κ2) is 7.60. The quantitative estimate of drug-likeness (QED) is 0.885. The van der Waals surface area contributed by atoms with Gasteiger partial charge in [-0.05, 0) is 23.6 Å². The number of hydrogen-bond donors (Lipinski definition) is 1. The standard InChI is InChI=1S/C18H22N2O/c1-2-20(14-17-6-4-3-5-7-17)18(21)12-15-8-10-16(13-19)11-9-15/h3-11H,2,12-14,19H2,1H3. The number of nitrogens with zero attached hydrogens (tertiary/aromatic N) is 1. The van der Waals surface area contributed by atoms with Crippen LogP contribution >= 0.6 is 0 Å². The van der Waals surface area contributed by atoms with Crippen molar-refractivity contribution in [2.24, 2.45) is 5.73 Å². The van der Waals surface area contributed by atoms with Crippen LogP contribution in [0.5, 0.6) is 0 Å². The smallest absolute Gasteiger partial charge is 0.227 e. The Balaban J connectivity index is 1.99. The van der Waals surface area contributed by atoms with E-state index >= 15 is 0 Å². The van der Waals surface area contributed by atoms with E-state index in [9.17, 15) is 4.79 Å². The first-order valence-electron chi connectivity index (χ1n) is 7.32. The molecule has 0 aliphatic heterocycles. The lowest BCUT2D eigenvalue weighted by Gasteiger charge is -2.21. The molecule has 1 amide bonds. The summed E-state index contributed by atoms with van der Waals surface area (Å²) in [5.74, 6) is 0.154. The molecule has 21 heavy (non-hydrogen) atoms. The Hall–Kier alpha value is -2.13. The van der Waals surface area contributed by atoms with Gasteiger partial charge in [-0.25, -0.2) is 0 Å². The molecule has 0 unspecified atom stereocenters. The molecule has 0 radical (unpaired) electrons. The van der Waals surface area contributed by atoms with Gasteiger partial charge in [-0.1, -0.05) is 54.6 Å². The third-order valence-corrected chi connectivity index (χ3v) is 3.56. The van der Waals surface area contributed by atoms with Crippen molar-refractivity contribution >= 4 is 5.91 Å². The van der Waals surface area contributed by atoms with Crippen molar-refractivity contribution in [3.63, 3.8) is 0 Å². The predicted molar refractivity (Wildman–Crippen MR) is 85.6 cm³/mol. The molecule has 0 saturated carbocycles. The summed E-state index contributed by atoms with van der Waals surface area (Å²) in [4.78, 5) is 14.3. The lowest BCUT2D eigenvalue weighted by Crippen LogP contribution is -2.31. The van der Waals surface area contributed by atoms with Crippen LogP contribution in [0.3, 0.4) is 0 Å². The highest BCUT2D eigenvalue weighted by molar-refractivity contribution is 5.78. The van der Waals surface area contributed by atoms with Crippen LogP contribution in [0.4, 0.5) is 0 Å². The van der Waals surface area contributed by atoms with Crippen molar-refractivity contribution < 1.29 is 4.79 Å². The summed E-state index contributed by atoms with van der Waals surface area (Å²) in [5, 5.41) is 0. The van der Waals surface area contributed by atoms with Crippen LogP contribution in [0.2, 0.25) is 0 Å². The van der Waals surface area contributed by atoms with Crippen LogP contribution in [0.15, 0.2) is 54.6 Å². The van der Waals surface area contributed by atoms with E-state index in [0.29, 0.717) is 26.1 Å². The SMILES string of the molecule is CCN(Cc1ccccc1)C(=O)Cc1ccc(CN)cc1. The Labute approximate surface area is 126 Å². The molecular weight excluding hydrogens is 260 g/mol. The van der Waals surface area contributed by atoms with Gasteiger partial charge in [-0.2, -0.15) is 0 Å². The first kappa shape index (κ1) is 15.3. The van der Waals surface area contributed by atoms with E-state index in [2.05, 4.69) is 0 Å². The van der Waals surface area contributed by atoms with Crippen LogP contribution in [0.25, 0.3) is 0 Å². The van der Waals surface area contributed by atoms with Gasteiger partial charge in [-0.3, -0.25) is 4.79 Å². The lowest BCUT2D eigenvalue weighted by atomic mass is 10.1. The summed E-state index contributed by atoms with van der Waals surface area (Å²) < 4.78 is 0. The highest BCUT2D eigenvalue weighted by atomic mass is 16.2. The molecule has 0 aromatic heterocycles. The highest BCUT2D eigenvalue weighted by Gasteiger charge is 2.12. The minimum Gasteiger partial charge on any atom is -0.338 e. The number of rotatable bonds is 6. The van der Waals surface area contributed by atoms with Crippen LogP contribution < -0.4 is 5.73 Å². The molecule has 2 N–H and O–H groups in total. The molecule has 0 atom stereocenters. The van der Waals surface area contributed by atoms with Gasteiger partial charge in [0, 0.05) is 19.6 Å². The summed E-state index contributed by atoms with van der Waals surface area (Å²) in [6, 6.07) is 18.0. The van der Waals surface area contributed by atoms with Gasteiger partial charge in [0.05, 0.1) is 6.42 Å². The van der Waals surface area contributed by atoms with Crippen molar-refractivity contribution in [1.29, 1.82) is 0 Å². The first-order valence-corrected chi connectivity index (χ1v) is 7.32. The highest BCUT2D eigenvalue weighted by Crippen LogP contribution is 2.09. The topological polar surface area (TPSA) is 46.3 Å². The number of hydrogen-bond acceptors (Lipinski definition) is 2. The van der Waals surface area contributed by atoms with Gasteiger partial charge < -0.3 is 10.6 Å². The summed E-state index contributed by atoms with van der Waals surface area (Å²) in [5.41, 5.74) is 8.86. The molecule has 0 fully saturated rings. The molecule has 0 saturated heterocycles. The van der Waals surface area contributed by atoms with E-state index in [1.54, 1.807) is 0 Å². The van der Waals surface area contributed by atoms with E-state index in [1.807, 2.05) is 66.4 Å². The zero-order valence-corrected chi connectivity index (χ0v) is 12.5. The van der Waals surface area contributed by atoms with Crippen molar-refractivity contribution in [3.05, 3.63) is 71.3 Å². The number of amides is 1. The number of nitrogens with two attached hydrogens (primary N) is 1. The first-order chi connectivity index (χ1) is 10.2. The third kappa shape index (κ3) is 4.43. The van der Waals surface area contributed by atoms with E-state index < -0.39 is 0 Å². The van der Waals surface area contributed by atoms with Crippen LogP contribution in [0.1, 0.15) is 23.6 Å². The van der Waals surface area contributed by atoms with Gasteiger partial charge in [0.1, 0.15) is 0 Å². The molecule has 0 spiro atoms. The summed E-state index contributed by atoms with van der Waals surface area (Å²) in [6.07, 6.45) is 0.436. The molecular formula is C18H22N2O. The van der Waals surface area contributed by atoms with Crippen LogP contribution in [-0.2, 0) is 24.3 Å². The maximum atomic E-state index is 12.4. The molecule has 2 rings (SSSR count). The predicted octanol–water partition coefficient (Wildman–Crippen LogP) is 2.74. The van der Waals surface area contributed by atoms with E-state index in [1.165, 1.54) is 0 Å². The van der Waals surface area contributed by atoms with Gasteiger partial charge in [0.2, 0.25) is 5.91 Å². The molecule has 0 heterocycles. The average molecular weight is 282 g/mol. The molecule has 0 aliphatic carbocycles. The zero-order chi connectivity index (χ0) is 15.1. The van der Waals surface area contributed by atoms with Crippen molar-refractivity contribution in [2.75, 3.05) is 6.54 Å². The maximum absolute atomic E-state index is 12.4. The average Bonchev–Trinajstić information content (AvgIpc) is 2.54. The molecule has 110 valence electrons. The Morgan fingerprint density at radius 2 is 1.57 bits per heavy atom. The molecule has 2 aromatic carbocycles. The van der Waals surface area contributed by atoms with Gasteiger partial charge in [-0.15, -0.1) is 0 Å². The van der Waals surface area contributed by atoms with Gasteiger partial charge in [0.15, 0.2) is 0 Å². The molecule has 3 nitrogen and oxygen atoms in total. The zero-order valence-electron chi connectivity index (χ0n) is 12.5. The second-order valence-corrected chi connectivity index (χ2v) is 5.09. The van der Waals surface area contributed by atoms with Crippen molar-refractivity contribution in [1.82, 2.24) is 4.90 Å². The number of carbonyl (C=O) groups is 1. The largest absolute Gasteiger partial charge is 0.338 e. The van der Waals surface area contributed by atoms with E-state index in [4.69, 9.17) is 5.73 Å². The Kier molecular flexibility index (Phi) is 5.52. The third-order valence-electron chi connectivity index (χ3n) is 3.56. The molecule has 2 aromatic rings. The minimum atomic E-state index is 0.154. The second-order valence-electron chi connectivity index (χ2n) is 5.09. The van der Waals surface area contributed by atoms with Crippen LogP contribution in [-0.4, -0.2) is 17.4 Å². The molecule has 0 bridgehead atoms. The fraction of sp³-hybridized carbons (Fsp3) is 0.278. The normalized spacial score (nSPS) is 10.4. The van der Waals surface area contributed by atoms with Gasteiger partial charge >= 0.3 is 0 Å². The number of carbonyl (C=O) groups excluding carboxylic acids is 1. The Morgan fingerprint density at radius 3 is 2.14 bits per heavy atom. The monoisotopic (exact) mass is 282 g/mol. The minimum absolute atomic E-state index is 0.154. The summed E-state index contributed by atoms with van der Waals surface area (Å²) in [7, 11) is 0. The fourth-order valence-corrected chi connectivity index (χ4v) is 2.26. The van der Waals surface area contributed by atoms with Crippen LogP contribution in [0, 0.1) is 0 Å². The van der Waals surface area contributed by atoms with Crippen molar-refractivity contribution in [3.8, 4) is 0 Å². The maximum Gasteiger partial charge on any atom is 0.227 e.